The maximum absolute atomic E-state index is 12.4. The van der Waals surface area contributed by atoms with Crippen LogP contribution < -0.4 is 0 Å². The molecule has 1 heterocycles. The van der Waals surface area contributed by atoms with Crippen molar-refractivity contribution in [3.05, 3.63) is 0 Å². The van der Waals surface area contributed by atoms with Gasteiger partial charge in [0, 0.05) is 11.3 Å². The van der Waals surface area contributed by atoms with Gasteiger partial charge in [-0.15, -0.1) is 0 Å². The van der Waals surface area contributed by atoms with Crippen molar-refractivity contribution < 1.29 is 19.1 Å². The molecule has 0 aromatic carbocycles. The Balaban J connectivity index is 1.86. The smallest absolute Gasteiger partial charge is 0.331 e. The second kappa shape index (κ2) is 5.32. The molecule has 2 aliphatic carbocycles. The van der Waals surface area contributed by atoms with E-state index in [9.17, 15) is 9.59 Å². The van der Waals surface area contributed by atoms with E-state index < -0.39 is 6.04 Å². The van der Waals surface area contributed by atoms with Crippen molar-refractivity contribution in [2.75, 3.05) is 6.61 Å². The van der Waals surface area contributed by atoms with Gasteiger partial charge in [-0.1, -0.05) is 27.7 Å². The lowest BCUT2D eigenvalue weighted by molar-refractivity contribution is -0.153. The van der Waals surface area contributed by atoms with E-state index in [1.807, 2.05) is 6.92 Å². The molecule has 0 amide bonds. The van der Waals surface area contributed by atoms with E-state index in [-0.39, 0.29) is 41.2 Å². The lowest BCUT2D eigenvalue weighted by atomic mass is 9.70. The van der Waals surface area contributed by atoms with Gasteiger partial charge in [-0.05, 0) is 31.1 Å². The maximum Gasteiger partial charge on any atom is 0.331 e. The fourth-order valence-corrected chi connectivity index (χ4v) is 4.73. The van der Waals surface area contributed by atoms with Crippen LogP contribution in [0.3, 0.4) is 0 Å². The van der Waals surface area contributed by atoms with Crippen LogP contribution in [0.25, 0.3) is 0 Å². The number of carbonyl (C=O) groups excluding carboxylic acids is 2. The van der Waals surface area contributed by atoms with Crippen molar-refractivity contribution in [1.82, 2.24) is 0 Å². The molecule has 0 N–H and O–H groups in total. The van der Waals surface area contributed by atoms with Crippen LogP contribution in [0.15, 0.2) is 4.99 Å². The zero-order chi connectivity index (χ0) is 17.0. The van der Waals surface area contributed by atoms with Crippen LogP contribution >= 0.6 is 0 Å². The monoisotopic (exact) mass is 321 g/mol. The van der Waals surface area contributed by atoms with E-state index in [0.29, 0.717) is 12.5 Å². The molecule has 2 fully saturated rings. The van der Waals surface area contributed by atoms with Gasteiger partial charge in [-0.2, -0.15) is 0 Å². The molecule has 2 bridgehead atoms. The first-order valence-electron chi connectivity index (χ1n) is 8.66. The summed E-state index contributed by atoms with van der Waals surface area (Å²) < 4.78 is 10.8. The van der Waals surface area contributed by atoms with Gasteiger partial charge in [0.1, 0.15) is 6.10 Å². The fraction of sp³-hybridized carbons (Fsp3) is 0.833. The first kappa shape index (κ1) is 16.5. The van der Waals surface area contributed by atoms with Crippen molar-refractivity contribution in [3.63, 3.8) is 0 Å². The number of fused-ring (bicyclic) bond motifs is 5. The van der Waals surface area contributed by atoms with Crippen LogP contribution in [0.4, 0.5) is 0 Å². The molecule has 0 aromatic rings. The summed E-state index contributed by atoms with van der Waals surface area (Å²) in [6, 6.07) is -0.586. The van der Waals surface area contributed by atoms with E-state index in [4.69, 9.17) is 14.5 Å². The standard InChI is InChI=1S/C18H27NO4/c1-6-22-12(20)9-10(2)13-16(21)23-14-11-7-8-18(5,15(14)19-13)17(11,3)4/h10-11,13-14H,6-9H2,1-5H3/t10?,11-,13+,14?,18+/m1/s1. The maximum atomic E-state index is 12.4. The normalized spacial score (nSPS) is 38.6. The van der Waals surface area contributed by atoms with E-state index >= 15 is 0 Å². The van der Waals surface area contributed by atoms with Crippen LogP contribution in [0, 0.1) is 22.7 Å². The van der Waals surface area contributed by atoms with Crippen LogP contribution in [-0.4, -0.2) is 36.4 Å². The van der Waals surface area contributed by atoms with Crippen molar-refractivity contribution in [3.8, 4) is 0 Å². The zero-order valence-corrected chi connectivity index (χ0v) is 14.7. The van der Waals surface area contributed by atoms with E-state index in [1.165, 1.54) is 0 Å². The molecule has 23 heavy (non-hydrogen) atoms. The topological polar surface area (TPSA) is 65.0 Å². The number of ether oxygens (including phenoxy) is 2. The van der Waals surface area contributed by atoms with Crippen molar-refractivity contribution >= 4 is 17.7 Å². The summed E-state index contributed by atoms with van der Waals surface area (Å²) in [5.74, 6) is -0.422. The average Bonchev–Trinajstić information content (AvgIpc) is 2.77. The molecule has 3 aliphatic rings. The molecule has 1 aliphatic heterocycles. The Morgan fingerprint density at radius 1 is 1.43 bits per heavy atom. The SMILES string of the molecule is CCOC(=O)CC(C)[C@@H]1N=C2C(OC1=O)[C@H]1CC[C@]2(C)C1(C)C. The molecule has 3 rings (SSSR count). The molecule has 0 radical (unpaired) electrons. The highest BCUT2D eigenvalue weighted by molar-refractivity contribution is 6.03. The number of aliphatic imine (C=N–C) groups is 1. The quantitative estimate of drug-likeness (QED) is 0.747. The summed E-state index contributed by atoms with van der Waals surface area (Å²) >= 11 is 0. The van der Waals surface area contributed by atoms with Gasteiger partial charge in [0.2, 0.25) is 0 Å². The van der Waals surface area contributed by atoms with Crippen molar-refractivity contribution in [2.45, 2.75) is 66.0 Å². The minimum absolute atomic E-state index is 0.00900. The molecular weight excluding hydrogens is 294 g/mol. The third kappa shape index (κ3) is 2.23. The Morgan fingerprint density at radius 3 is 2.78 bits per heavy atom. The van der Waals surface area contributed by atoms with Gasteiger partial charge < -0.3 is 9.47 Å². The van der Waals surface area contributed by atoms with Gasteiger partial charge in [-0.3, -0.25) is 9.79 Å². The minimum Gasteiger partial charge on any atom is -0.466 e. The highest BCUT2D eigenvalue weighted by Gasteiger charge is 2.67. The molecule has 5 heteroatoms. The molecule has 0 saturated heterocycles. The molecule has 128 valence electrons. The van der Waals surface area contributed by atoms with Crippen LogP contribution in [0.1, 0.15) is 53.9 Å². The molecular formula is C18H27NO4. The number of hydrogen-bond acceptors (Lipinski definition) is 5. The van der Waals surface area contributed by atoms with Gasteiger partial charge >= 0.3 is 11.9 Å². The lowest BCUT2D eigenvalue weighted by Crippen LogP contribution is -2.46. The number of carbonyl (C=O) groups is 2. The minimum atomic E-state index is -0.586. The van der Waals surface area contributed by atoms with Gasteiger partial charge in [0.15, 0.2) is 6.04 Å². The summed E-state index contributed by atoms with van der Waals surface area (Å²) in [6.45, 7) is 10.8. The Morgan fingerprint density at radius 2 is 2.13 bits per heavy atom. The summed E-state index contributed by atoms with van der Waals surface area (Å²) in [6.07, 6.45) is 2.21. The first-order chi connectivity index (χ1) is 10.7. The van der Waals surface area contributed by atoms with Gasteiger partial charge in [-0.25, -0.2) is 4.79 Å². The van der Waals surface area contributed by atoms with E-state index in [1.54, 1.807) is 6.92 Å². The summed E-state index contributed by atoms with van der Waals surface area (Å²) in [4.78, 5) is 29.0. The molecule has 2 saturated carbocycles. The summed E-state index contributed by atoms with van der Waals surface area (Å²) in [5, 5.41) is 0. The van der Waals surface area contributed by atoms with Gasteiger partial charge in [0.05, 0.1) is 18.7 Å². The highest BCUT2D eigenvalue weighted by Crippen LogP contribution is 2.65. The molecule has 5 atom stereocenters. The number of nitrogens with zero attached hydrogens (tertiary/aromatic N) is 1. The summed E-state index contributed by atoms with van der Waals surface area (Å²) in [5.41, 5.74) is 1.13. The van der Waals surface area contributed by atoms with Crippen LogP contribution in [0.5, 0.6) is 0 Å². The van der Waals surface area contributed by atoms with Crippen molar-refractivity contribution in [1.29, 1.82) is 0 Å². The summed E-state index contributed by atoms with van der Waals surface area (Å²) in [7, 11) is 0. The molecule has 2 unspecified atom stereocenters. The Labute approximate surface area is 137 Å². The zero-order valence-electron chi connectivity index (χ0n) is 14.7. The third-order valence-corrected chi connectivity index (χ3v) is 6.60. The Kier molecular flexibility index (Phi) is 3.81. The number of esters is 2. The molecule has 5 nitrogen and oxygen atoms in total. The van der Waals surface area contributed by atoms with E-state index in [0.717, 1.165) is 18.6 Å². The third-order valence-electron chi connectivity index (χ3n) is 6.60. The molecule has 0 aromatic heterocycles. The van der Waals surface area contributed by atoms with Crippen molar-refractivity contribution in [2.24, 2.45) is 27.7 Å². The predicted octanol–water partition coefficient (Wildman–Crippen LogP) is 2.77. The second-order valence-electron chi connectivity index (χ2n) is 8.00. The van der Waals surface area contributed by atoms with Crippen LogP contribution in [0.2, 0.25) is 0 Å². The van der Waals surface area contributed by atoms with Crippen LogP contribution in [-0.2, 0) is 19.1 Å². The fourth-order valence-electron chi connectivity index (χ4n) is 4.73. The predicted molar refractivity (Wildman–Crippen MR) is 86.1 cm³/mol. The highest BCUT2D eigenvalue weighted by atomic mass is 16.5. The first-order valence-corrected chi connectivity index (χ1v) is 8.66. The molecule has 0 spiro atoms. The van der Waals surface area contributed by atoms with Gasteiger partial charge in [0.25, 0.3) is 0 Å². The Bertz CT molecular complexity index is 567. The van der Waals surface area contributed by atoms with E-state index in [2.05, 4.69) is 20.8 Å². The second-order valence-corrected chi connectivity index (χ2v) is 8.00. The lowest BCUT2D eigenvalue weighted by Gasteiger charge is -2.37. The largest absolute Gasteiger partial charge is 0.466 e. The average molecular weight is 321 g/mol. The number of rotatable bonds is 4. The number of hydrogen-bond donors (Lipinski definition) is 0. The Hall–Kier alpha value is -1.39.